The summed E-state index contributed by atoms with van der Waals surface area (Å²) in [6, 6.07) is 7.59. The van der Waals surface area contributed by atoms with E-state index in [0.29, 0.717) is 16.9 Å². The van der Waals surface area contributed by atoms with Gasteiger partial charge in [-0.2, -0.15) is 11.8 Å². The smallest absolute Gasteiger partial charge is 0.251 e. The molecule has 1 aromatic rings. The van der Waals surface area contributed by atoms with Gasteiger partial charge in [0.05, 0.1) is 6.54 Å². The molecule has 1 aliphatic heterocycles. The molecule has 0 saturated carbocycles. The Bertz CT molecular complexity index is 588. The molecule has 1 amide bonds. The van der Waals surface area contributed by atoms with E-state index in [9.17, 15) is 4.79 Å². The van der Waals surface area contributed by atoms with Crippen LogP contribution in [0.4, 0.5) is 0 Å². The van der Waals surface area contributed by atoms with Crippen molar-refractivity contribution in [2.45, 2.75) is 38.0 Å². The maximum absolute atomic E-state index is 11.7. The molecular formula is C18H29IN4OS. The molecule has 7 heteroatoms. The average Bonchev–Trinajstić information content (AvgIpc) is 3.04. The third-order valence-corrected chi connectivity index (χ3v) is 5.65. The highest BCUT2D eigenvalue weighted by Gasteiger charge is 2.29. The maximum atomic E-state index is 11.7. The lowest BCUT2D eigenvalue weighted by atomic mass is 10.1. The summed E-state index contributed by atoms with van der Waals surface area (Å²) in [5.41, 5.74) is 1.69. The highest BCUT2D eigenvalue weighted by Crippen LogP contribution is 2.36. The molecule has 2 rings (SSSR count). The van der Waals surface area contributed by atoms with Crippen LogP contribution in [0, 0.1) is 0 Å². The number of carbonyl (C=O) groups excluding carboxylic acids is 1. The normalized spacial score (nSPS) is 19.9. The van der Waals surface area contributed by atoms with Gasteiger partial charge in [0.1, 0.15) is 0 Å². The molecule has 1 aromatic carbocycles. The number of aliphatic imine (C=N–C) groups is 1. The Morgan fingerprint density at radius 1 is 1.36 bits per heavy atom. The molecule has 1 fully saturated rings. The topological polar surface area (TPSA) is 65.5 Å². The Morgan fingerprint density at radius 2 is 2.16 bits per heavy atom. The average molecular weight is 476 g/mol. The molecule has 3 N–H and O–H groups in total. The molecule has 0 aromatic heterocycles. The third kappa shape index (κ3) is 7.05. The van der Waals surface area contributed by atoms with Crippen LogP contribution in [0.2, 0.25) is 0 Å². The van der Waals surface area contributed by atoms with Gasteiger partial charge in [0.2, 0.25) is 0 Å². The predicted octanol–water partition coefficient (Wildman–Crippen LogP) is 3.01. The molecule has 0 aliphatic carbocycles. The first kappa shape index (κ1) is 22.1. The van der Waals surface area contributed by atoms with E-state index in [1.54, 1.807) is 7.05 Å². The van der Waals surface area contributed by atoms with Gasteiger partial charge in [-0.15, -0.1) is 24.0 Å². The number of amides is 1. The number of halogens is 1. The van der Waals surface area contributed by atoms with Gasteiger partial charge in [0.25, 0.3) is 5.91 Å². The van der Waals surface area contributed by atoms with Crippen LogP contribution in [0.3, 0.4) is 0 Å². The minimum atomic E-state index is -0.0722. The van der Waals surface area contributed by atoms with Crippen molar-refractivity contribution in [1.82, 2.24) is 16.0 Å². The molecule has 25 heavy (non-hydrogen) atoms. The lowest BCUT2D eigenvalue weighted by molar-refractivity contribution is 0.0963. The van der Waals surface area contributed by atoms with Gasteiger partial charge in [0.15, 0.2) is 5.96 Å². The van der Waals surface area contributed by atoms with Crippen LogP contribution >= 0.6 is 35.7 Å². The first-order chi connectivity index (χ1) is 11.6. The lowest BCUT2D eigenvalue weighted by Crippen LogP contribution is -2.43. The highest BCUT2D eigenvalue weighted by atomic mass is 127. The molecule has 1 saturated heterocycles. The number of carbonyl (C=O) groups is 1. The van der Waals surface area contributed by atoms with Crippen LogP contribution in [-0.4, -0.2) is 42.5 Å². The van der Waals surface area contributed by atoms with Gasteiger partial charge in [-0.3, -0.25) is 4.79 Å². The monoisotopic (exact) mass is 476 g/mol. The number of benzene rings is 1. The van der Waals surface area contributed by atoms with Gasteiger partial charge in [-0.05, 0) is 50.1 Å². The Hall–Kier alpha value is -0.960. The summed E-state index contributed by atoms with van der Waals surface area (Å²) in [5.74, 6) is 2.01. The lowest BCUT2D eigenvalue weighted by Gasteiger charge is -2.24. The van der Waals surface area contributed by atoms with Crippen molar-refractivity contribution in [3.05, 3.63) is 35.4 Å². The van der Waals surface area contributed by atoms with E-state index in [2.05, 4.69) is 34.8 Å². The summed E-state index contributed by atoms with van der Waals surface area (Å²) in [5, 5.41) is 9.40. The predicted molar refractivity (Wildman–Crippen MR) is 118 cm³/mol. The van der Waals surface area contributed by atoms with Gasteiger partial charge in [-0.25, -0.2) is 4.99 Å². The van der Waals surface area contributed by atoms with E-state index in [4.69, 9.17) is 0 Å². The van der Waals surface area contributed by atoms with Crippen LogP contribution in [0.15, 0.2) is 29.3 Å². The second-order valence-corrected chi connectivity index (χ2v) is 7.91. The van der Waals surface area contributed by atoms with E-state index in [1.807, 2.05) is 36.0 Å². The number of rotatable bonds is 6. The molecule has 1 aliphatic rings. The summed E-state index contributed by atoms with van der Waals surface area (Å²) >= 11 is 2.04. The third-order valence-electron chi connectivity index (χ3n) is 4.11. The van der Waals surface area contributed by atoms with Crippen LogP contribution in [0.25, 0.3) is 0 Å². The van der Waals surface area contributed by atoms with Crippen molar-refractivity contribution in [2.24, 2.45) is 4.99 Å². The molecule has 1 unspecified atom stereocenters. The van der Waals surface area contributed by atoms with Crippen molar-refractivity contribution in [1.29, 1.82) is 0 Å². The fourth-order valence-electron chi connectivity index (χ4n) is 2.71. The van der Waals surface area contributed by atoms with Crippen LogP contribution in [-0.2, 0) is 6.54 Å². The van der Waals surface area contributed by atoms with E-state index >= 15 is 0 Å². The van der Waals surface area contributed by atoms with Gasteiger partial charge < -0.3 is 16.0 Å². The zero-order valence-electron chi connectivity index (χ0n) is 15.2. The van der Waals surface area contributed by atoms with E-state index in [0.717, 1.165) is 24.6 Å². The zero-order chi connectivity index (χ0) is 17.4. The van der Waals surface area contributed by atoms with Crippen LogP contribution in [0.1, 0.15) is 42.6 Å². The van der Waals surface area contributed by atoms with Gasteiger partial charge >= 0.3 is 0 Å². The van der Waals surface area contributed by atoms with E-state index in [-0.39, 0.29) is 29.9 Å². The number of hydrogen-bond acceptors (Lipinski definition) is 3. The zero-order valence-corrected chi connectivity index (χ0v) is 18.4. The fraction of sp³-hybridized carbons (Fsp3) is 0.556. The summed E-state index contributed by atoms with van der Waals surface area (Å²) in [6.07, 6.45) is 2.54. The Balaban J connectivity index is 0.00000312. The first-order valence-electron chi connectivity index (χ1n) is 8.53. The molecule has 140 valence electrons. The number of thioether (sulfide) groups is 1. The van der Waals surface area contributed by atoms with Gasteiger partial charge in [-0.1, -0.05) is 12.1 Å². The van der Waals surface area contributed by atoms with Crippen molar-refractivity contribution < 1.29 is 4.79 Å². The van der Waals surface area contributed by atoms with Crippen LogP contribution in [0.5, 0.6) is 0 Å². The quantitative estimate of drug-likeness (QED) is 0.336. The molecule has 0 spiro atoms. The second kappa shape index (κ2) is 10.9. The minimum Gasteiger partial charge on any atom is -0.357 e. The summed E-state index contributed by atoms with van der Waals surface area (Å²) < 4.78 is 0.301. The number of hydrogen-bond donors (Lipinski definition) is 3. The molecule has 5 nitrogen and oxygen atoms in total. The van der Waals surface area contributed by atoms with E-state index < -0.39 is 0 Å². The largest absolute Gasteiger partial charge is 0.357 e. The van der Waals surface area contributed by atoms with Gasteiger partial charge in [0, 0.05) is 30.4 Å². The van der Waals surface area contributed by atoms with Crippen molar-refractivity contribution >= 4 is 47.6 Å². The Kier molecular flexibility index (Phi) is 9.63. The number of nitrogens with zero attached hydrogens (tertiary/aromatic N) is 1. The summed E-state index contributed by atoms with van der Waals surface area (Å²) in [4.78, 5) is 16.4. The fourth-order valence-corrected chi connectivity index (χ4v) is 3.96. The maximum Gasteiger partial charge on any atom is 0.251 e. The molecule has 0 radical (unpaired) electrons. The van der Waals surface area contributed by atoms with Crippen molar-refractivity contribution in [3.8, 4) is 0 Å². The summed E-state index contributed by atoms with van der Waals surface area (Å²) in [6.45, 7) is 6.67. The number of nitrogens with one attached hydrogen (secondary N) is 3. The second-order valence-electron chi connectivity index (χ2n) is 6.23. The summed E-state index contributed by atoms with van der Waals surface area (Å²) in [7, 11) is 1.64. The minimum absolute atomic E-state index is 0. The standard InChI is InChI=1S/C18H28N4OS.HI/c1-4-20-17(22-13-18(2)9-6-10-24-18)21-12-14-7-5-8-15(11-14)16(23)19-3;/h5,7-8,11H,4,6,9-10,12-13H2,1-3H3,(H,19,23)(H2,20,21,22);1H. The van der Waals surface area contributed by atoms with E-state index in [1.165, 1.54) is 18.6 Å². The number of guanidine groups is 1. The first-order valence-corrected chi connectivity index (χ1v) is 9.52. The molecule has 1 heterocycles. The molecule has 1 atom stereocenters. The SMILES string of the molecule is CCNC(=NCc1cccc(C(=O)NC)c1)NCC1(C)CCCS1.I. The van der Waals surface area contributed by atoms with Crippen molar-refractivity contribution in [2.75, 3.05) is 25.9 Å². The van der Waals surface area contributed by atoms with Crippen molar-refractivity contribution in [3.63, 3.8) is 0 Å². The highest BCUT2D eigenvalue weighted by molar-refractivity contribution is 14.0. The Morgan fingerprint density at radius 3 is 2.80 bits per heavy atom. The molecular weight excluding hydrogens is 447 g/mol. The Labute approximate surface area is 172 Å². The molecule has 0 bridgehead atoms. The van der Waals surface area contributed by atoms with Crippen LogP contribution < -0.4 is 16.0 Å².